The number of benzene rings is 1. The van der Waals surface area contributed by atoms with Crippen LogP contribution < -0.4 is 0 Å². The molecule has 1 aromatic carbocycles. The molecule has 0 radical (unpaired) electrons. The van der Waals surface area contributed by atoms with Crippen molar-refractivity contribution in [1.29, 1.82) is 0 Å². The highest BCUT2D eigenvalue weighted by Gasteiger charge is 2.25. The molecule has 1 atom stereocenters. The number of nitrogens with zero attached hydrogens (tertiary/aromatic N) is 1. The van der Waals surface area contributed by atoms with Gasteiger partial charge in [0.15, 0.2) is 0 Å². The van der Waals surface area contributed by atoms with E-state index in [0.717, 1.165) is 37.2 Å². The van der Waals surface area contributed by atoms with E-state index in [1.807, 2.05) is 13.0 Å². The number of rotatable bonds is 3. The number of likely N-dealkylation sites (tertiary alicyclic amines) is 1. The average Bonchev–Trinajstić information content (AvgIpc) is 2.36. The largest absolute Gasteiger partial charge is 0.299 e. The van der Waals surface area contributed by atoms with Crippen molar-refractivity contribution >= 4 is 5.78 Å². The van der Waals surface area contributed by atoms with Crippen molar-refractivity contribution in [3.8, 4) is 0 Å². The first kappa shape index (κ1) is 13.2. The molecule has 0 bridgehead atoms. The van der Waals surface area contributed by atoms with Crippen molar-refractivity contribution in [2.75, 3.05) is 13.1 Å². The monoisotopic (exact) mass is 249 g/mol. The molecular weight excluding hydrogens is 229 g/mol. The smallest absolute Gasteiger partial charge is 0.138 e. The van der Waals surface area contributed by atoms with Crippen LogP contribution >= 0.6 is 0 Å². The molecular formula is C15H20FNO. The van der Waals surface area contributed by atoms with Gasteiger partial charge in [0.2, 0.25) is 0 Å². The standard InChI is InChI=1S/C15H20FNO/c1-3-12-9-17(7-6-15(12)18)10-13-8-14(16)5-4-11(13)2/h4-5,8,12H,3,6-7,9-10H2,1-2H3. The van der Waals surface area contributed by atoms with Gasteiger partial charge in [0, 0.05) is 32.0 Å². The van der Waals surface area contributed by atoms with Gasteiger partial charge < -0.3 is 0 Å². The lowest BCUT2D eigenvalue weighted by Gasteiger charge is -2.31. The van der Waals surface area contributed by atoms with Crippen molar-refractivity contribution in [3.05, 3.63) is 35.1 Å². The van der Waals surface area contributed by atoms with Gasteiger partial charge in [-0.2, -0.15) is 0 Å². The number of piperidine rings is 1. The summed E-state index contributed by atoms with van der Waals surface area (Å²) in [5.41, 5.74) is 2.14. The highest BCUT2D eigenvalue weighted by Crippen LogP contribution is 2.20. The summed E-state index contributed by atoms with van der Waals surface area (Å²) in [4.78, 5) is 13.9. The summed E-state index contributed by atoms with van der Waals surface area (Å²) >= 11 is 0. The van der Waals surface area contributed by atoms with E-state index >= 15 is 0 Å². The molecule has 2 nitrogen and oxygen atoms in total. The number of hydrogen-bond donors (Lipinski definition) is 0. The first-order chi connectivity index (χ1) is 8.60. The van der Waals surface area contributed by atoms with E-state index in [9.17, 15) is 9.18 Å². The fraction of sp³-hybridized carbons (Fsp3) is 0.533. The molecule has 0 N–H and O–H groups in total. The molecule has 0 amide bonds. The highest BCUT2D eigenvalue weighted by atomic mass is 19.1. The first-order valence-corrected chi connectivity index (χ1v) is 6.60. The van der Waals surface area contributed by atoms with E-state index in [1.165, 1.54) is 6.07 Å². The zero-order valence-corrected chi connectivity index (χ0v) is 11.1. The lowest BCUT2D eigenvalue weighted by Crippen LogP contribution is -2.40. The molecule has 1 saturated heterocycles. The van der Waals surface area contributed by atoms with Crippen LogP contribution in [-0.4, -0.2) is 23.8 Å². The van der Waals surface area contributed by atoms with Gasteiger partial charge in [-0.15, -0.1) is 0 Å². The number of halogens is 1. The Morgan fingerprint density at radius 2 is 2.22 bits per heavy atom. The van der Waals surface area contributed by atoms with Crippen LogP contribution in [0.25, 0.3) is 0 Å². The Balaban J connectivity index is 2.05. The second-order valence-corrected chi connectivity index (χ2v) is 5.13. The topological polar surface area (TPSA) is 20.3 Å². The molecule has 1 fully saturated rings. The molecule has 98 valence electrons. The Kier molecular flexibility index (Phi) is 4.12. The zero-order chi connectivity index (χ0) is 13.1. The Morgan fingerprint density at radius 3 is 2.94 bits per heavy atom. The minimum absolute atomic E-state index is 0.160. The Labute approximate surface area is 108 Å². The molecule has 0 aliphatic carbocycles. The van der Waals surface area contributed by atoms with Crippen LogP contribution in [0.2, 0.25) is 0 Å². The summed E-state index contributed by atoms with van der Waals surface area (Å²) in [6, 6.07) is 4.91. The fourth-order valence-electron chi connectivity index (χ4n) is 2.53. The maximum Gasteiger partial charge on any atom is 0.138 e. The molecule has 0 saturated carbocycles. The minimum atomic E-state index is -0.185. The summed E-state index contributed by atoms with van der Waals surface area (Å²) in [5.74, 6) is 0.355. The second-order valence-electron chi connectivity index (χ2n) is 5.13. The summed E-state index contributed by atoms with van der Waals surface area (Å²) in [6.07, 6.45) is 1.53. The predicted octanol–water partition coefficient (Wildman–Crippen LogP) is 2.94. The number of aryl methyl sites for hydroxylation is 1. The fourth-order valence-corrected chi connectivity index (χ4v) is 2.53. The SMILES string of the molecule is CCC1CN(Cc2cc(F)ccc2C)CCC1=O. The van der Waals surface area contributed by atoms with Gasteiger partial charge in [0.25, 0.3) is 0 Å². The molecule has 1 aliphatic rings. The van der Waals surface area contributed by atoms with E-state index < -0.39 is 0 Å². The van der Waals surface area contributed by atoms with Crippen molar-refractivity contribution in [2.24, 2.45) is 5.92 Å². The van der Waals surface area contributed by atoms with E-state index in [2.05, 4.69) is 11.8 Å². The van der Waals surface area contributed by atoms with Gasteiger partial charge in [0.05, 0.1) is 0 Å². The van der Waals surface area contributed by atoms with Crippen LogP contribution in [0.4, 0.5) is 4.39 Å². The summed E-state index contributed by atoms with van der Waals surface area (Å²) in [7, 11) is 0. The third-order valence-electron chi connectivity index (χ3n) is 3.81. The number of hydrogen-bond acceptors (Lipinski definition) is 2. The molecule has 1 heterocycles. The van der Waals surface area contributed by atoms with E-state index in [0.29, 0.717) is 12.2 Å². The maximum atomic E-state index is 13.2. The van der Waals surface area contributed by atoms with Gasteiger partial charge in [-0.05, 0) is 36.6 Å². The van der Waals surface area contributed by atoms with Crippen molar-refractivity contribution in [3.63, 3.8) is 0 Å². The molecule has 18 heavy (non-hydrogen) atoms. The summed E-state index contributed by atoms with van der Waals surface area (Å²) in [6.45, 7) is 6.41. The van der Waals surface area contributed by atoms with Crippen LogP contribution in [0.1, 0.15) is 30.9 Å². The van der Waals surface area contributed by atoms with Crippen LogP contribution in [-0.2, 0) is 11.3 Å². The second kappa shape index (κ2) is 5.61. The van der Waals surface area contributed by atoms with Crippen LogP contribution in [0.5, 0.6) is 0 Å². The van der Waals surface area contributed by atoms with Gasteiger partial charge >= 0.3 is 0 Å². The van der Waals surface area contributed by atoms with Gasteiger partial charge in [-0.25, -0.2) is 4.39 Å². The molecule has 1 unspecified atom stereocenters. The predicted molar refractivity (Wildman–Crippen MR) is 69.8 cm³/mol. The molecule has 0 spiro atoms. The van der Waals surface area contributed by atoms with E-state index in [1.54, 1.807) is 6.07 Å². The highest BCUT2D eigenvalue weighted by molar-refractivity contribution is 5.82. The lowest BCUT2D eigenvalue weighted by atomic mass is 9.93. The van der Waals surface area contributed by atoms with E-state index in [-0.39, 0.29) is 11.7 Å². The first-order valence-electron chi connectivity index (χ1n) is 6.60. The summed E-state index contributed by atoms with van der Waals surface area (Å²) in [5, 5.41) is 0. The lowest BCUT2D eigenvalue weighted by molar-refractivity contribution is -0.126. The number of carbonyl (C=O) groups excluding carboxylic acids is 1. The average molecular weight is 249 g/mol. The van der Waals surface area contributed by atoms with Crippen molar-refractivity contribution in [2.45, 2.75) is 33.2 Å². The minimum Gasteiger partial charge on any atom is -0.299 e. The third kappa shape index (κ3) is 2.96. The molecule has 2 rings (SSSR count). The zero-order valence-electron chi connectivity index (χ0n) is 11.1. The Hall–Kier alpha value is -1.22. The normalized spacial score (nSPS) is 21.3. The molecule has 1 aromatic rings. The van der Waals surface area contributed by atoms with E-state index in [4.69, 9.17) is 0 Å². The Bertz CT molecular complexity index is 444. The van der Waals surface area contributed by atoms with Gasteiger partial charge in [-0.3, -0.25) is 9.69 Å². The van der Waals surface area contributed by atoms with Crippen LogP contribution in [0, 0.1) is 18.7 Å². The number of Topliss-reactive ketones (excluding diaryl/α,β-unsaturated/α-hetero) is 1. The quantitative estimate of drug-likeness (QED) is 0.821. The van der Waals surface area contributed by atoms with Crippen molar-refractivity contribution in [1.82, 2.24) is 4.90 Å². The van der Waals surface area contributed by atoms with Crippen LogP contribution in [0.15, 0.2) is 18.2 Å². The van der Waals surface area contributed by atoms with Crippen LogP contribution in [0.3, 0.4) is 0 Å². The summed E-state index contributed by atoms with van der Waals surface area (Å²) < 4.78 is 13.2. The third-order valence-corrected chi connectivity index (χ3v) is 3.81. The maximum absolute atomic E-state index is 13.2. The van der Waals surface area contributed by atoms with Gasteiger partial charge in [-0.1, -0.05) is 13.0 Å². The van der Waals surface area contributed by atoms with Gasteiger partial charge in [0.1, 0.15) is 11.6 Å². The molecule has 3 heteroatoms. The Morgan fingerprint density at radius 1 is 1.44 bits per heavy atom. The van der Waals surface area contributed by atoms with Crippen molar-refractivity contribution < 1.29 is 9.18 Å². The molecule has 1 aliphatic heterocycles. The molecule has 0 aromatic heterocycles. The number of ketones is 1. The number of carbonyl (C=O) groups is 1.